The summed E-state index contributed by atoms with van der Waals surface area (Å²) in [5, 5.41) is 22.2. The van der Waals surface area contributed by atoms with Gasteiger partial charge in [0.15, 0.2) is 5.82 Å². The van der Waals surface area contributed by atoms with Crippen LogP contribution in [0.4, 0.5) is 27.8 Å². The topological polar surface area (TPSA) is 74.2 Å². The lowest BCUT2D eigenvalue weighted by atomic mass is 10.0. The Morgan fingerprint density at radius 2 is 1.94 bits per heavy atom. The van der Waals surface area contributed by atoms with E-state index < -0.39 is 29.5 Å². The lowest BCUT2D eigenvalue weighted by molar-refractivity contribution is -0.137. The minimum atomic E-state index is -4.60. The van der Waals surface area contributed by atoms with Gasteiger partial charge >= 0.3 is 6.18 Å². The maximum absolute atomic E-state index is 13.9. The van der Waals surface area contributed by atoms with Crippen molar-refractivity contribution < 1.29 is 27.1 Å². The van der Waals surface area contributed by atoms with E-state index in [0.29, 0.717) is 23.4 Å². The minimum Gasteiger partial charge on any atom is -0.507 e. The number of phenols is 1. The number of aromatic hydroxyl groups is 1. The number of halogens is 5. The van der Waals surface area contributed by atoms with Crippen LogP contribution < -0.4 is 5.32 Å². The normalized spacial score (nSPS) is 19.5. The summed E-state index contributed by atoms with van der Waals surface area (Å²) in [6, 6.07) is 3.57. The predicted octanol–water partition coefficient (Wildman–Crippen LogP) is 4.17. The molecular weight excluding hydrogens is 421 g/mol. The fraction of sp³-hybridized carbons (Fsp3) is 0.350. The molecule has 1 atom stereocenters. The van der Waals surface area contributed by atoms with Gasteiger partial charge in [-0.2, -0.15) is 13.2 Å². The summed E-state index contributed by atoms with van der Waals surface area (Å²) in [5.74, 6) is -3.22. The van der Waals surface area contributed by atoms with Crippen molar-refractivity contribution in [3.05, 3.63) is 42.2 Å². The van der Waals surface area contributed by atoms with Gasteiger partial charge in [-0.05, 0) is 31.3 Å². The Kier molecular flexibility index (Phi) is 5.16. The van der Waals surface area contributed by atoms with Crippen LogP contribution >= 0.6 is 0 Å². The SMILES string of the molecule is CN1C[C@H](Nc2nnc(-c3ccc(C(F)(F)F)cc3O)c3ccncc23)CC(F)(F)C1. The van der Waals surface area contributed by atoms with Crippen molar-refractivity contribution in [1.82, 2.24) is 20.1 Å². The van der Waals surface area contributed by atoms with Crippen LogP contribution in [-0.4, -0.2) is 57.3 Å². The molecule has 11 heteroatoms. The highest BCUT2D eigenvalue weighted by molar-refractivity contribution is 6.00. The molecule has 2 aromatic heterocycles. The van der Waals surface area contributed by atoms with Crippen molar-refractivity contribution >= 4 is 16.6 Å². The molecule has 0 radical (unpaired) electrons. The molecule has 3 heterocycles. The molecule has 0 spiro atoms. The van der Waals surface area contributed by atoms with Crippen molar-refractivity contribution in [3.8, 4) is 17.0 Å². The number of fused-ring (bicyclic) bond motifs is 1. The minimum absolute atomic E-state index is 0.0622. The third-order valence-corrected chi connectivity index (χ3v) is 5.08. The number of likely N-dealkylation sites (N-methyl/N-ethyl adjacent to an activating group) is 1. The summed E-state index contributed by atoms with van der Waals surface area (Å²) in [6.07, 6.45) is -2.05. The van der Waals surface area contributed by atoms with E-state index in [1.165, 1.54) is 17.3 Å². The first kappa shape index (κ1) is 21.2. The Balaban J connectivity index is 1.73. The predicted molar refractivity (Wildman–Crippen MR) is 104 cm³/mol. The molecule has 1 aromatic carbocycles. The molecule has 1 saturated heterocycles. The second-order valence-electron chi connectivity index (χ2n) is 7.65. The van der Waals surface area contributed by atoms with Crippen molar-refractivity contribution in [2.75, 3.05) is 25.5 Å². The molecule has 1 aliphatic rings. The van der Waals surface area contributed by atoms with Gasteiger partial charge in [-0.25, -0.2) is 8.78 Å². The van der Waals surface area contributed by atoms with Crippen LogP contribution in [0.25, 0.3) is 22.0 Å². The second-order valence-corrected chi connectivity index (χ2v) is 7.65. The summed E-state index contributed by atoms with van der Waals surface area (Å²) in [5.41, 5.74) is -0.777. The van der Waals surface area contributed by atoms with Crippen LogP contribution in [0, 0.1) is 0 Å². The van der Waals surface area contributed by atoms with Gasteiger partial charge in [0.25, 0.3) is 5.92 Å². The van der Waals surface area contributed by atoms with Gasteiger partial charge in [-0.3, -0.25) is 9.88 Å². The van der Waals surface area contributed by atoms with E-state index in [4.69, 9.17) is 0 Å². The van der Waals surface area contributed by atoms with Gasteiger partial charge in [0.1, 0.15) is 11.4 Å². The summed E-state index contributed by atoms with van der Waals surface area (Å²) in [6.45, 7) is 0.0474. The van der Waals surface area contributed by atoms with E-state index >= 15 is 0 Å². The number of anilines is 1. The number of phenolic OH excluding ortho intramolecular Hbond substituents is 1. The maximum atomic E-state index is 13.9. The third-order valence-electron chi connectivity index (χ3n) is 5.08. The van der Waals surface area contributed by atoms with Gasteiger partial charge in [0, 0.05) is 47.7 Å². The number of hydrogen-bond donors (Lipinski definition) is 2. The van der Waals surface area contributed by atoms with Crippen LogP contribution in [0.5, 0.6) is 5.75 Å². The molecule has 1 aliphatic heterocycles. The van der Waals surface area contributed by atoms with Crippen molar-refractivity contribution in [1.29, 1.82) is 0 Å². The first-order chi connectivity index (χ1) is 14.5. The van der Waals surface area contributed by atoms with E-state index in [0.717, 1.165) is 12.1 Å². The highest BCUT2D eigenvalue weighted by atomic mass is 19.4. The first-order valence-electron chi connectivity index (χ1n) is 9.37. The number of benzene rings is 1. The van der Waals surface area contributed by atoms with Gasteiger partial charge in [-0.15, -0.1) is 10.2 Å². The largest absolute Gasteiger partial charge is 0.507 e. The Labute approximate surface area is 173 Å². The zero-order valence-corrected chi connectivity index (χ0v) is 16.3. The number of nitrogens with zero attached hydrogens (tertiary/aromatic N) is 4. The molecule has 0 bridgehead atoms. The number of rotatable bonds is 3. The van der Waals surface area contributed by atoms with Gasteiger partial charge < -0.3 is 10.4 Å². The molecule has 2 N–H and O–H groups in total. The zero-order chi connectivity index (χ0) is 22.4. The molecule has 31 heavy (non-hydrogen) atoms. The van der Waals surface area contributed by atoms with Gasteiger partial charge in [0.2, 0.25) is 0 Å². The molecule has 4 rings (SSSR count). The Morgan fingerprint density at radius 3 is 2.61 bits per heavy atom. The Bertz CT molecular complexity index is 1120. The molecular formula is C20H18F5N5O. The fourth-order valence-electron chi connectivity index (χ4n) is 3.83. The molecule has 0 saturated carbocycles. The third kappa shape index (κ3) is 4.36. The maximum Gasteiger partial charge on any atom is 0.416 e. The quantitative estimate of drug-likeness (QED) is 0.597. The van der Waals surface area contributed by atoms with Crippen LogP contribution in [0.15, 0.2) is 36.7 Å². The van der Waals surface area contributed by atoms with Crippen LogP contribution in [-0.2, 0) is 6.18 Å². The molecule has 0 unspecified atom stereocenters. The number of alkyl halides is 5. The lowest BCUT2D eigenvalue weighted by Gasteiger charge is -2.36. The lowest BCUT2D eigenvalue weighted by Crippen LogP contribution is -2.50. The number of pyridine rings is 1. The smallest absolute Gasteiger partial charge is 0.416 e. The summed E-state index contributed by atoms with van der Waals surface area (Å²) < 4.78 is 66.6. The van der Waals surface area contributed by atoms with E-state index in [2.05, 4.69) is 20.5 Å². The first-order valence-corrected chi connectivity index (χ1v) is 9.37. The molecule has 0 amide bonds. The Hall–Kier alpha value is -3.08. The van der Waals surface area contributed by atoms with Crippen LogP contribution in [0.1, 0.15) is 12.0 Å². The number of hydrogen-bond acceptors (Lipinski definition) is 6. The van der Waals surface area contributed by atoms with E-state index in [9.17, 15) is 27.1 Å². The van der Waals surface area contributed by atoms with Crippen molar-refractivity contribution in [2.24, 2.45) is 0 Å². The van der Waals surface area contributed by atoms with Crippen molar-refractivity contribution in [3.63, 3.8) is 0 Å². The number of nitrogens with one attached hydrogen (secondary N) is 1. The standard InChI is InChI=1S/C20H18F5N5O/c1-30-9-12(7-19(21,22)10-30)27-18-15-8-26-5-4-13(15)17(28-29-18)14-3-2-11(6-16(14)31)20(23,24)25/h2-6,8,12,31H,7,9-10H2,1H3,(H,27,29)/t12-/m1/s1. The van der Waals surface area contributed by atoms with Gasteiger partial charge in [0.05, 0.1) is 12.1 Å². The molecule has 6 nitrogen and oxygen atoms in total. The highest BCUT2D eigenvalue weighted by Gasteiger charge is 2.39. The molecule has 1 fully saturated rings. The number of aromatic nitrogens is 3. The monoisotopic (exact) mass is 439 g/mol. The summed E-state index contributed by atoms with van der Waals surface area (Å²) in [7, 11) is 1.60. The number of likely N-dealkylation sites (tertiary alicyclic amines) is 1. The average Bonchev–Trinajstić information content (AvgIpc) is 2.66. The summed E-state index contributed by atoms with van der Waals surface area (Å²) >= 11 is 0. The molecule has 164 valence electrons. The molecule has 3 aromatic rings. The average molecular weight is 439 g/mol. The molecule has 0 aliphatic carbocycles. The van der Waals surface area contributed by atoms with E-state index in [1.54, 1.807) is 13.1 Å². The van der Waals surface area contributed by atoms with Crippen molar-refractivity contribution in [2.45, 2.75) is 24.6 Å². The van der Waals surface area contributed by atoms with Crippen LogP contribution in [0.3, 0.4) is 0 Å². The highest BCUT2D eigenvalue weighted by Crippen LogP contribution is 2.39. The zero-order valence-electron chi connectivity index (χ0n) is 16.3. The summed E-state index contributed by atoms with van der Waals surface area (Å²) in [4.78, 5) is 5.55. The fourth-order valence-corrected chi connectivity index (χ4v) is 3.83. The van der Waals surface area contributed by atoms with E-state index in [-0.39, 0.29) is 30.0 Å². The Morgan fingerprint density at radius 1 is 1.16 bits per heavy atom. The van der Waals surface area contributed by atoms with Gasteiger partial charge in [-0.1, -0.05) is 0 Å². The van der Waals surface area contributed by atoms with E-state index in [1.807, 2.05) is 0 Å². The second kappa shape index (κ2) is 7.56. The van der Waals surface area contributed by atoms with Crippen LogP contribution in [0.2, 0.25) is 0 Å². The number of piperidine rings is 1.